The summed E-state index contributed by atoms with van der Waals surface area (Å²) in [5, 5.41) is 6.68. The molecule has 0 saturated carbocycles. The summed E-state index contributed by atoms with van der Waals surface area (Å²) < 4.78 is 0. The Balaban J connectivity index is 2.10. The van der Waals surface area contributed by atoms with Gasteiger partial charge >= 0.3 is 0 Å². The molecule has 4 nitrogen and oxygen atoms in total. The molecule has 1 aliphatic rings. The molecular formula is C16H12ClN3O. The predicted octanol–water partition coefficient (Wildman–Crippen LogP) is 3.19. The van der Waals surface area contributed by atoms with E-state index in [1.165, 1.54) is 6.08 Å². The third-order valence-electron chi connectivity index (χ3n) is 3.23. The van der Waals surface area contributed by atoms with Gasteiger partial charge in [0.25, 0.3) is 0 Å². The van der Waals surface area contributed by atoms with Crippen LogP contribution in [-0.2, 0) is 4.79 Å². The number of hydrazone groups is 1. The van der Waals surface area contributed by atoms with E-state index >= 15 is 0 Å². The van der Waals surface area contributed by atoms with E-state index in [2.05, 4.69) is 10.1 Å². The van der Waals surface area contributed by atoms with Crippen LogP contribution >= 0.6 is 11.6 Å². The molecule has 0 amide bonds. The lowest BCUT2D eigenvalue weighted by atomic mass is 9.96. The highest BCUT2D eigenvalue weighted by atomic mass is 35.5. The molecule has 0 fully saturated rings. The molecule has 2 aromatic rings. The molecule has 0 aliphatic carbocycles. The van der Waals surface area contributed by atoms with E-state index in [0.717, 1.165) is 23.1 Å². The van der Waals surface area contributed by atoms with Gasteiger partial charge in [-0.05, 0) is 23.8 Å². The van der Waals surface area contributed by atoms with Crippen LogP contribution in [0.2, 0.25) is 5.02 Å². The van der Waals surface area contributed by atoms with E-state index < -0.39 is 0 Å². The van der Waals surface area contributed by atoms with Gasteiger partial charge in [0, 0.05) is 18.0 Å². The minimum Gasteiger partial charge on any atom is -0.299 e. The molecule has 0 bridgehead atoms. The van der Waals surface area contributed by atoms with Gasteiger partial charge in [-0.2, -0.15) is 5.10 Å². The molecule has 1 aromatic heterocycles. The van der Waals surface area contributed by atoms with Crippen molar-refractivity contribution in [2.45, 2.75) is 6.04 Å². The van der Waals surface area contributed by atoms with Crippen molar-refractivity contribution in [2.24, 2.45) is 5.10 Å². The lowest BCUT2D eigenvalue weighted by Crippen LogP contribution is -2.25. The van der Waals surface area contributed by atoms with Crippen molar-refractivity contribution < 1.29 is 4.79 Å². The number of allylic oxidation sites excluding steroid dienone is 1. The Morgan fingerprint density at radius 1 is 1.19 bits per heavy atom. The molecule has 3 rings (SSSR count). The van der Waals surface area contributed by atoms with Gasteiger partial charge in [-0.15, -0.1) is 0 Å². The maximum Gasteiger partial charge on any atom is 0.144 e. The number of pyridine rings is 1. The minimum absolute atomic E-state index is 0.181. The lowest BCUT2D eigenvalue weighted by Gasteiger charge is -2.30. The highest BCUT2D eigenvalue weighted by Crippen LogP contribution is 2.33. The molecule has 21 heavy (non-hydrogen) atoms. The molecule has 1 aliphatic heterocycles. The van der Waals surface area contributed by atoms with Gasteiger partial charge in [-0.1, -0.05) is 35.9 Å². The van der Waals surface area contributed by atoms with E-state index in [9.17, 15) is 4.79 Å². The van der Waals surface area contributed by atoms with Crippen molar-refractivity contribution in [3.63, 3.8) is 0 Å². The lowest BCUT2D eigenvalue weighted by molar-refractivity contribution is -0.104. The van der Waals surface area contributed by atoms with Crippen LogP contribution in [0, 0.1) is 0 Å². The smallest absolute Gasteiger partial charge is 0.144 e. The second kappa shape index (κ2) is 5.89. The molecule has 5 heteroatoms. The zero-order valence-corrected chi connectivity index (χ0v) is 11.8. The van der Waals surface area contributed by atoms with Crippen LogP contribution in [0.15, 0.2) is 60.0 Å². The number of nitrogens with zero attached hydrogens (tertiary/aromatic N) is 3. The Hall–Kier alpha value is -2.46. The highest BCUT2D eigenvalue weighted by molar-refractivity contribution is 6.30. The van der Waals surface area contributed by atoms with E-state index in [0.29, 0.717) is 5.02 Å². The summed E-state index contributed by atoms with van der Waals surface area (Å²) in [5.41, 5.74) is 2.94. The summed E-state index contributed by atoms with van der Waals surface area (Å²) in [7, 11) is 0. The average molecular weight is 298 g/mol. The molecule has 0 radical (unpaired) electrons. The first-order valence-electron chi connectivity index (χ1n) is 6.44. The van der Waals surface area contributed by atoms with Gasteiger partial charge in [0.05, 0.1) is 16.9 Å². The SMILES string of the molecule is O=CC=CN1N=Cc2ccccc2C1c1ccc(Cl)cn1. The molecule has 104 valence electrons. The molecule has 1 aromatic carbocycles. The third kappa shape index (κ3) is 2.71. The number of carbonyl (C=O) groups excluding carboxylic acids is 1. The Morgan fingerprint density at radius 2 is 2.05 bits per heavy atom. The molecular weight excluding hydrogens is 286 g/mol. The summed E-state index contributed by atoms with van der Waals surface area (Å²) in [5.74, 6) is 0. The topological polar surface area (TPSA) is 45.6 Å². The third-order valence-corrected chi connectivity index (χ3v) is 3.46. The fraction of sp³-hybridized carbons (Fsp3) is 0.0625. The van der Waals surface area contributed by atoms with Crippen LogP contribution in [-0.4, -0.2) is 22.5 Å². The fourth-order valence-corrected chi connectivity index (χ4v) is 2.42. The first-order chi connectivity index (χ1) is 10.3. The first kappa shape index (κ1) is 13.5. The molecule has 1 atom stereocenters. The van der Waals surface area contributed by atoms with Gasteiger partial charge in [-0.25, -0.2) is 0 Å². The largest absolute Gasteiger partial charge is 0.299 e. The normalized spacial score (nSPS) is 17.0. The van der Waals surface area contributed by atoms with E-state index in [1.54, 1.807) is 29.7 Å². The van der Waals surface area contributed by atoms with Crippen molar-refractivity contribution in [1.29, 1.82) is 0 Å². The number of rotatable bonds is 3. The summed E-state index contributed by atoms with van der Waals surface area (Å²) in [6.07, 6.45) is 7.16. The van der Waals surface area contributed by atoms with Crippen molar-refractivity contribution in [2.75, 3.05) is 0 Å². The van der Waals surface area contributed by atoms with Crippen LogP contribution in [0.3, 0.4) is 0 Å². The van der Waals surface area contributed by atoms with Crippen LogP contribution in [0.4, 0.5) is 0 Å². The maximum absolute atomic E-state index is 10.6. The number of fused-ring (bicyclic) bond motifs is 1. The Kier molecular flexibility index (Phi) is 3.79. The summed E-state index contributed by atoms with van der Waals surface area (Å²) >= 11 is 5.90. The van der Waals surface area contributed by atoms with Crippen LogP contribution in [0.1, 0.15) is 22.9 Å². The molecule has 0 spiro atoms. The quantitative estimate of drug-likeness (QED) is 0.645. The van der Waals surface area contributed by atoms with Crippen molar-refractivity contribution in [3.8, 4) is 0 Å². The molecule has 2 heterocycles. The first-order valence-corrected chi connectivity index (χ1v) is 6.82. The summed E-state index contributed by atoms with van der Waals surface area (Å²) in [6.45, 7) is 0. The monoisotopic (exact) mass is 297 g/mol. The second-order valence-electron chi connectivity index (χ2n) is 4.53. The zero-order chi connectivity index (χ0) is 14.7. The van der Waals surface area contributed by atoms with Crippen molar-refractivity contribution >= 4 is 24.1 Å². The Bertz CT molecular complexity index is 710. The second-order valence-corrected chi connectivity index (χ2v) is 4.97. The standard InChI is InChI=1S/C16H12ClN3O/c17-13-6-7-15(18-11-13)16-14-5-2-1-4-12(14)10-19-20(16)8-3-9-21/h1-11,16H. The highest BCUT2D eigenvalue weighted by Gasteiger charge is 2.26. The summed E-state index contributed by atoms with van der Waals surface area (Å²) in [6, 6.07) is 11.5. The van der Waals surface area contributed by atoms with Gasteiger partial charge in [0.2, 0.25) is 0 Å². The van der Waals surface area contributed by atoms with Crippen molar-refractivity contribution in [1.82, 2.24) is 9.99 Å². The van der Waals surface area contributed by atoms with Crippen LogP contribution in [0.5, 0.6) is 0 Å². The number of hydrogen-bond donors (Lipinski definition) is 0. The summed E-state index contributed by atoms with van der Waals surface area (Å²) in [4.78, 5) is 15.0. The van der Waals surface area contributed by atoms with Gasteiger partial charge in [-0.3, -0.25) is 14.8 Å². The number of aromatic nitrogens is 1. The minimum atomic E-state index is -0.181. The molecule has 0 N–H and O–H groups in total. The zero-order valence-electron chi connectivity index (χ0n) is 11.1. The average Bonchev–Trinajstić information content (AvgIpc) is 2.53. The van der Waals surface area contributed by atoms with E-state index in [-0.39, 0.29) is 6.04 Å². The predicted molar refractivity (Wildman–Crippen MR) is 82.2 cm³/mol. The number of carbonyl (C=O) groups is 1. The molecule has 1 unspecified atom stereocenters. The Labute approximate surface area is 127 Å². The van der Waals surface area contributed by atoms with Gasteiger partial charge < -0.3 is 0 Å². The number of benzene rings is 1. The van der Waals surface area contributed by atoms with Gasteiger partial charge in [0.15, 0.2) is 0 Å². The number of aldehydes is 1. The van der Waals surface area contributed by atoms with Crippen LogP contribution < -0.4 is 0 Å². The number of halogens is 1. The van der Waals surface area contributed by atoms with Crippen molar-refractivity contribution in [3.05, 3.63) is 76.7 Å². The molecule has 0 saturated heterocycles. The van der Waals surface area contributed by atoms with E-state index in [1.807, 2.05) is 30.3 Å². The van der Waals surface area contributed by atoms with Crippen LogP contribution in [0.25, 0.3) is 0 Å². The van der Waals surface area contributed by atoms with E-state index in [4.69, 9.17) is 11.6 Å². The number of hydrogen-bond acceptors (Lipinski definition) is 4. The fourth-order valence-electron chi connectivity index (χ4n) is 2.31. The van der Waals surface area contributed by atoms with Gasteiger partial charge in [0.1, 0.15) is 12.3 Å². The maximum atomic E-state index is 10.6. The Morgan fingerprint density at radius 3 is 2.81 bits per heavy atom.